The number of carbonyl (C=O) groups excluding carboxylic acids is 1. The maximum absolute atomic E-state index is 13.3. The van der Waals surface area contributed by atoms with E-state index in [9.17, 15) is 19.1 Å². The van der Waals surface area contributed by atoms with Crippen LogP contribution in [0.15, 0.2) is 41.3 Å². The van der Waals surface area contributed by atoms with E-state index in [0.29, 0.717) is 28.7 Å². The van der Waals surface area contributed by atoms with Gasteiger partial charge in [0.15, 0.2) is 0 Å². The molecule has 3 rings (SSSR count). The van der Waals surface area contributed by atoms with Crippen molar-refractivity contribution in [3.05, 3.63) is 62.1 Å². The van der Waals surface area contributed by atoms with Gasteiger partial charge >= 0.3 is 0 Å². The fourth-order valence-electron chi connectivity index (χ4n) is 3.14. The van der Waals surface area contributed by atoms with E-state index in [-0.39, 0.29) is 29.4 Å². The van der Waals surface area contributed by atoms with Crippen LogP contribution in [0.4, 0.5) is 11.4 Å². The van der Waals surface area contributed by atoms with Gasteiger partial charge in [-0.25, -0.2) is 14.0 Å². The van der Waals surface area contributed by atoms with Crippen LogP contribution >= 0.6 is 23.2 Å². The van der Waals surface area contributed by atoms with Crippen molar-refractivity contribution in [3.63, 3.8) is 0 Å². The van der Waals surface area contributed by atoms with Gasteiger partial charge in [-0.2, -0.15) is 0 Å². The Hall–Kier alpha value is -2.02. The Labute approximate surface area is 187 Å². The van der Waals surface area contributed by atoms with Gasteiger partial charge in [-0.1, -0.05) is 23.2 Å². The van der Waals surface area contributed by atoms with Crippen molar-refractivity contribution in [2.75, 3.05) is 31.1 Å². The molecule has 160 valence electrons. The Kier molecular flexibility index (Phi) is 6.80. The molecule has 0 aliphatic carbocycles. The second-order valence-corrected chi connectivity index (χ2v) is 10.5. The third kappa shape index (κ3) is 4.51. The lowest BCUT2D eigenvalue weighted by atomic mass is 10.1. The van der Waals surface area contributed by atoms with Gasteiger partial charge in [-0.15, -0.1) is 0 Å². The first kappa shape index (κ1) is 22.7. The van der Waals surface area contributed by atoms with Crippen LogP contribution < -0.4 is 10.4 Å². The van der Waals surface area contributed by atoms with E-state index in [1.165, 1.54) is 23.7 Å². The summed E-state index contributed by atoms with van der Waals surface area (Å²) in [6, 6.07) is 8.51. The Bertz CT molecular complexity index is 1110. The number of nitrogens with zero attached hydrogens (tertiary/aromatic N) is 3. The number of rotatable bonds is 5. The van der Waals surface area contributed by atoms with Crippen LogP contribution in [0.25, 0.3) is 0 Å². The Morgan fingerprint density at radius 3 is 2.40 bits per heavy atom. The maximum Gasteiger partial charge on any atom is 0.293 e. The average molecular weight is 491 g/mol. The molecule has 1 saturated heterocycles. The first-order chi connectivity index (χ1) is 14.1. The number of hydrogen-bond donors (Lipinski definition) is 2. The zero-order valence-corrected chi connectivity index (χ0v) is 18.4. The van der Waals surface area contributed by atoms with Gasteiger partial charge in [-0.3, -0.25) is 20.1 Å². The summed E-state index contributed by atoms with van der Waals surface area (Å²) in [5.74, 6) is -0.847. The predicted molar refractivity (Wildman–Crippen MR) is 116 cm³/mol. The normalized spacial score (nSPS) is 16.7. The molecule has 9 nitrogen and oxygen atoms in total. The van der Waals surface area contributed by atoms with Gasteiger partial charge in [-0.05, 0) is 30.3 Å². The molecule has 0 saturated carbocycles. The molecule has 1 amide bonds. The van der Waals surface area contributed by atoms with E-state index in [1.807, 2.05) is 0 Å². The smallest absolute Gasteiger partial charge is 0.293 e. The number of piperazine rings is 1. The van der Waals surface area contributed by atoms with E-state index in [1.54, 1.807) is 21.3 Å². The molecule has 1 fully saturated rings. The van der Waals surface area contributed by atoms with E-state index in [2.05, 4.69) is 0 Å². The van der Waals surface area contributed by atoms with Crippen molar-refractivity contribution in [2.45, 2.75) is 4.90 Å². The molecule has 13 heteroatoms. The minimum absolute atomic E-state index is 0.0439. The van der Waals surface area contributed by atoms with Crippen molar-refractivity contribution in [3.8, 4) is 0 Å². The highest BCUT2D eigenvalue weighted by molar-refractivity contribution is 8.31. The lowest BCUT2D eigenvalue weighted by Gasteiger charge is -2.36. The first-order valence-corrected chi connectivity index (χ1v) is 11.8. The van der Waals surface area contributed by atoms with Crippen molar-refractivity contribution in [1.82, 2.24) is 9.79 Å². The standard InChI is InChI=1S/C17H16Cl2N4O5S2/c18-12-2-4-16(13(19)10-12)30(28,29)22-7-5-21(6-8-22)14-3-1-11(17(24)20-25)9-15(14)23(26)27/h1-4,9-10,25H,5-8H2,(H,20,24). The Morgan fingerprint density at radius 2 is 1.83 bits per heavy atom. The summed E-state index contributed by atoms with van der Waals surface area (Å²) in [6.45, 7) is 1.23. The molecule has 2 N–H and O–H groups in total. The zero-order valence-electron chi connectivity index (χ0n) is 15.3. The molecular formula is C17H16Cl2N4O5S2. The summed E-state index contributed by atoms with van der Waals surface area (Å²) >= 11 is 17.4. The Balaban J connectivity index is 1.81. The van der Waals surface area contributed by atoms with Crippen LogP contribution in [0.2, 0.25) is 10.0 Å². The Morgan fingerprint density at radius 1 is 1.17 bits per heavy atom. The molecule has 30 heavy (non-hydrogen) atoms. The van der Waals surface area contributed by atoms with Gasteiger partial charge in [0.25, 0.3) is 11.6 Å². The summed E-state index contributed by atoms with van der Waals surface area (Å²) in [4.78, 5) is 24.5. The monoisotopic (exact) mass is 490 g/mol. The van der Waals surface area contributed by atoms with Crippen molar-refractivity contribution < 1.29 is 19.1 Å². The second-order valence-electron chi connectivity index (χ2n) is 6.37. The molecule has 1 unspecified atom stereocenters. The van der Waals surface area contributed by atoms with E-state index in [0.717, 1.165) is 6.07 Å². The number of nitro benzene ring substituents is 1. The third-order valence-corrected chi connectivity index (χ3v) is 8.41. The number of nitrogens with one attached hydrogen (secondary N) is 1. The van der Waals surface area contributed by atoms with Crippen LogP contribution in [0, 0.1) is 10.1 Å². The summed E-state index contributed by atoms with van der Waals surface area (Å²) in [5, 5.41) is 20.8. The maximum atomic E-state index is 13.3. The van der Waals surface area contributed by atoms with E-state index < -0.39 is 19.5 Å². The van der Waals surface area contributed by atoms with Gasteiger partial charge in [0, 0.05) is 54.0 Å². The number of amides is 1. The average Bonchev–Trinajstić information content (AvgIpc) is 2.72. The van der Waals surface area contributed by atoms with Crippen LogP contribution in [-0.4, -0.2) is 50.7 Å². The summed E-state index contributed by atoms with van der Waals surface area (Å²) < 4.78 is 14.9. The van der Waals surface area contributed by atoms with Crippen molar-refractivity contribution in [2.24, 2.45) is 0 Å². The number of hydroxylamine groups is 1. The topological polar surface area (TPSA) is 116 Å². The summed E-state index contributed by atoms with van der Waals surface area (Å²) in [6.07, 6.45) is 0. The SMILES string of the molecule is O=C(NO)c1ccc(N2CCN(S(=O)(=S)c3ccc(Cl)cc3Cl)CC2)c([N+](=O)[O-])c1. The van der Waals surface area contributed by atoms with E-state index in [4.69, 9.17) is 39.6 Å². The zero-order chi connectivity index (χ0) is 22.1. The minimum Gasteiger partial charge on any atom is -0.363 e. The molecule has 1 aliphatic heterocycles. The molecule has 2 aromatic rings. The number of halogens is 2. The van der Waals surface area contributed by atoms with Gasteiger partial charge < -0.3 is 4.90 Å². The van der Waals surface area contributed by atoms with Crippen LogP contribution in [0.3, 0.4) is 0 Å². The molecule has 1 heterocycles. The predicted octanol–water partition coefficient (Wildman–Crippen LogP) is 2.86. The van der Waals surface area contributed by atoms with Gasteiger partial charge in [0.05, 0.1) is 14.8 Å². The fourth-order valence-corrected chi connectivity index (χ4v) is 6.35. The second kappa shape index (κ2) is 9.00. The largest absolute Gasteiger partial charge is 0.363 e. The molecule has 0 radical (unpaired) electrons. The lowest BCUT2D eigenvalue weighted by Crippen LogP contribution is -2.48. The third-order valence-electron chi connectivity index (χ3n) is 4.63. The molecule has 0 bridgehead atoms. The van der Waals surface area contributed by atoms with Crippen molar-refractivity contribution >= 4 is 60.3 Å². The van der Waals surface area contributed by atoms with Crippen LogP contribution in [0.5, 0.6) is 0 Å². The lowest BCUT2D eigenvalue weighted by molar-refractivity contribution is -0.384. The summed E-state index contributed by atoms with van der Waals surface area (Å²) in [7, 11) is -3.03. The summed E-state index contributed by atoms with van der Waals surface area (Å²) in [5.41, 5.74) is 1.44. The van der Waals surface area contributed by atoms with Crippen molar-refractivity contribution in [1.29, 1.82) is 0 Å². The number of benzene rings is 2. The molecule has 2 aromatic carbocycles. The quantitative estimate of drug-likeness (QED) is 0.375. The van der Waals surface area contributed by atoms with Gasteiger partial charge in [0.2, 0.25) is 0 Å². The highest BCUT2D eigenvalue weighted by atomic mass is 35.5. The fraction of sp³-hybridized carbons (Fsp3) is 0.235. The molecule has 1 aliphatic rings. The molecular weight excluding hydrogens is 475 g/mol. The molecule has 0 aromatic heterocycles. The molecule has 0 spiro atoms. The number of hydrogen-bond acceptors (Lipinski definition) is 7. The minimum atomic E-state index is -3.03. The number of carbonyl (C=O) groups is 1. The number of nitro groups is 1. The van der Waals surface area contributed by atoms with E-state index >= 15 is 0 Å². The highest BCUT2D eigenvalue weighted by Crippen LogP contribution is 2.32. The van der Waals surface area contributed by atoms with Crippen LogP contribution in [-0.2, 0) is 19.9 Å². The molecule has 1 atom stereocenters. The number of anilines is 1. The first-order valence-electron chi connectivity index (χ1n) is 8.58. The van der Waals surface area contributed by atoms with Gasteiger partial charge in [0.1, 0.15) is 14.4 Å². The van der Waals surface area contributed by atoms with Crippen LogP contribution in [0.1, 0.15) is 10.4 Å². The highest BCUT2D eigenvalue weighted by Gasteiger charge is 2.30.